The van der Waals surface area contributed by atoms with E-state index in [0.717, 1.165) is 5.75 Å². The molecule has 108 valence electrons. The lowest BCUT2D eigenvalue weighted by Crippen LogP contribution is -2.53. The van der Waals surface area contributed by atoms with Gasteiger partial charge in [-0.15, -0.1) is 0 Å². The Balaban J connectivity index is 1.92. The van der Waals surface area contributed by atoms with Crippen molar-refractivity contribution in [1.29, 1.82) is 0 Å². The van der Waals surface area contributed by atoms with Crippen molar-refractivity contribution >= 4 is 11.9 Å². The third-order valence-corrected chi connectivity index (χ3v) is 3.71. The van der Waals surface area contributed by atoms with Crippen LogP contribution in [-0.4, -0.2) is 41.6 Å². The molecule has 5 heteroatoms. The van der Waals surface area contributed by atoms with Crippen LogP contribution in [0, 0.1) is 11.8 Å². The SMILES string of the molecule is CCOc1ccc(C(=O)N2CC(C(C)C(=O)O)C2)cc1. The largest absolute Gasteiger partial charge is 0.494 e. The lowest BCUT2D eigenvalue weighted by molar-refractivity contribution is -0.144. The molecule has 2 rings (SSSR count). The van der Waals surface area contributed by atoms with E-state index in [4.69, 9.17) is 9.84 Å². The van der Waals surface area contributed by atoms with Gasteiger partial charge >= 0.3 is 5.97 Å². The molecule has 0 radical (unpaired) electrons. The van der Waals surface area contributed by atoms with E-state index >= 15 is 0 Å². The van der Waals surface area contributed by atoms with Crippen molar-refractivity contribution in [3.63, 3.8) is 0 Å². The summed E-state index contributed by atoms with van der Waals surface area (Å²) in [5.41, 5.74) is 0.606. The lowest BCUT2D eigenvalue weighted by Gasteiger charge is -2.41. The molecule has 1 fully saturated rings. The van der Waals surface area contributed by atoms with Gasteiger partial charge in [0.25, 0.3) is 5.91 Å². The fraction of sp³-hybridized carbons (Fsp3) is 0.467. The number of benzene rings is 1. The number of nitrogens with zero attached hydrogens (tertiary/aromatic N) is 1. The Morgan fingerprint density at radius 2 is 1.95 bits per heavy atom. The van der Waals surface area contributed by atoms with Crippen molar-refractivity contribution in [2.75, 3.05) is 19.7 Å². The summed E-state index contributed by atoms with van der Waals surface area (Å²) in [6, 6.07) is 7.02. The summed E-state index contributed by atoms with van der Waals surface area (Å²) in [6.07, 6.45) is 0. The van der Waals surface area contributed by atoms with E-state index in [1.807, 2.05) is 6.92 Å². The summed E-state index contributed by atoms with van der Waals surface area (Å²) in [6.45, 7) is 5.21. The highest BCUT2D eigenvalue weighted by molar-refractivity contribution is 5.95. The summed E-state index contributed by atoms with van der Waals surface area (Å²) in [5.74, 6) is -0.464. The lowest BCUT2D eigenvalue weighted by atomic mass is 9.86. The predicted octanol–water partition coefficient (Wildman–Crippen LogP) is 1.88. The van der Waals surface area contributed by atoms with Crippen LogP contribution in [0.3, 0.4) is 0 Å². The molecule has 0 bridgehead atoms. The van der Waals surface area contributed by atoms with Gasteiger partial charge in [0.2, 0.25) is 0 Å². The molecule has 0 saturated carbocycles. The highest BCUT2D eigenvalue weighted by Crippen LogP contribution is 2.26. The Labute approximate surface area is 118 Å². The first-order valence-corrected chi connectivity index (χ1v) is 6.78. The monoisotopic (exact) mass is 277 g/mol. The summed E-state index contributed by atoms with van der Waals surface area (Å²) in [7, 11) is 0. The second-order valence-corrected chi connectivity index (χ2v) is 5.05. The number of amides is 1. The van der Waals surface area contributed by atoms with Crippen molar-refractivity contribution in [1.82, 2.24) is 4.90 Å². The van der Waals surface area contributed by atoms with Gasteiger partial charge in [-0.2, -0.15) is 0 Å². The molecule has 5 nitrogen and oxygen atoms in total. The number of carbonyl (C=O) groups is 2. The van der Waals surface area contributed by atoms with Gasteiger partial charge < -0.3 is 14.7 Å². The Bertz CT molecular complexity index is 491. The highest BCUT2D eigenvalue weighted by atomic mass is 16.5. The molecular weight excluding hydrogens is 258 g/mol. The number of carboxylic acid groups (broad SMARTS) is 1. The fourth-order valence-electron chi connectivity index (χ4n) is 2.24. The van der Waals surface area contributed by atoms with E-state index in [-0.39, 0.29) is 11.8 Å². The predicted molar refractivity (Wildman–Crippen MR) is 73.8 cm³/mol. The van der Waals surface area contributed by atoms with Gasteiger partial charge in [0.05, 0.1) is 12.5 Å². The molecule has 0 spiro atoms. The number of carbonyl (C=O) groups excluding carboxylic acids is 1. The number of hydrogen-bond acceptors (Lipinski definition) is 3. The van der Waals surface area contributed by atoms with Crippen molar-refractivity contribution < 1.29 is 19.4 Å². The standard InChI is InChI=1S/C15H19NO4/c1-3-20-13-6-4-11(5-7-13)14(17)16-8-12(9-16)10(2)15(18)19/h4-7,10,12H,3,8-9H2,1-2H3,(H,18,19). The third-order valence-electron chi connectivity index (χ3n) is 3.71. The van der Waals surface area contributed by atoms with Gasteiger partial charge in [-0.05, 0) is 31.2 Å². The van der Waals surface area contributed by atoms with Crippen molar-refractivity contribution in [3.05, 3.63) is 29.8 Å². The van der Waals surface area contributed by atoms with Gasteiger partial charge in [-0.25, -0.2) is 0 Å². The number of likely N-dealkylation sites (tertiary alicyclic amines) is 1. The minimum absolute atomic E-state index is 0.0538. The molecule has 1 N–H and O–H groups in total. The van der Waals surface area contributed by atoms with Crippen LogP contribution in [0.4, 0.5) is 0 Å². The molecule has 1 aliphatic heterocycles. The molecule has 20 heavy (non-hydrogen) atoms. The van der Waals surface area contributed by atoms with Crippen LogP contribution in [0.15, 0.2) is 24.3 Å². The van der Waals surface area contributed by atoms with E-state index in [9.17, 15) is 9.59 Å². The average Bonchev–Trinajstić information content (AvgIpc) is 2.37. The zero-order chi connectivity index (χ0) is 14.7. The van der Waals surface area contributed by atoms with Crippen molar-refractivity contribution in [2.45, 2.75) is 13.8 Å². The smallest absolute Gasteiger partial charge is 0.306 e. The second-order valence-electron chi connectivity index (χ2n) is 5.05. The van der Waals surface area contributed by atoms with E-state index < -0.39 is 11.9 Å². The summed E-state index contributed by atoms with van der Waals surface area (Å²) in [4.78, 5) is 24.7. The molecule has 1 aromatic rings. The normalized spacial score (nSPS) is 16.4. The third kappa shape index (κ3) is 2.92. The Morgan fingerprint density at radius 1 is 1.35 bits per heavy atom. The number of rotatable bonds is 5. The van der Waals surface area contributed by atoms with Gasteiger partial charge in [-0.1, -0.05) is 6.92 Å². The quantitative estimate of drug-likeness (QED) is 0.892. The first kappa shape index (κ1) is 14.4. The van der Waals surface area contributed by atoms with Crippen LogP contribution in [0.25, 0.3) is 0 Å². The first-order chi connectivity index (χ1) is 9.52. The van der Waals surface area contributed by atoms with E-state index in [1.165, 1.54) is 0 Å². The molecule has 1 saturated heterocycles. The molecule has 0 aromatic heterocycles. The van der Waals surface area contributed by atoms with E-state index in [0.29, 0.717) is 25.3 Å². The highest BCUT2D eigenvalue weighted by Gasteiger charge is 2.37. The van der Waals surface area contributed by atoms with E-state index in [2.05, 4.69) is 0 Å². The van der Waals surface area contributed by atoms with Crippen LogP contribution in [0.5, 0.6) is 5.75 Å². The number of carboxylic acids is 1. The van der Waals surface area contributed by atoms with Crippen LogP contribution in [-0.2, 0) is 4.79 Å². The molecule has 1 atom stereocenters. The van der Waals surface area contributed by atoms with E-state index in [1.54, 1.807) is 36.1 Å². The molecule has 1 aliphatic rings. The summed E-state index contributed by atoms with van der Waals surface area (Å²) < 4.78 is 5.33. The fourth-order valence-corrected chi connectivity index (χ4v) is 2.24. The number of ether oxygens (including phenoxy) is 1. The van der Waals surface area contributed by atoms with Crippen LogP contribution < -0.4 is 4.74 Å². The topological polar surface area (TPSA) is 66.8 Å². The maximum Gasteiger partial charge on any atom is 0.306 e. The van der Waals surface area contributed by atoms with Crippen LogP contribution in [0.1, 0.15) is 24.2 Å². The van der Waals surface area contributed by atoms with Gasteiger partial charge in [0, 0.05) is 24.6 Å². The minimum atomic E-state index is -0.803. The molecule has 1 unspecified atom stereocenters. The van der Waals surface area contributed by atoms with Gasteiger partial charge in [0.1, 0.15) is 5.75 Å². The van der Waals surface area contributed by atoms with Gasteiger partial charge in [-0.3, -0.25) is 9.59 Å². The summed E-state index contributed by atoms with van der Waals surface area (Å²) >= 11 is 0. The van der Waals surface area contributed by atoms with Crippen molar-refractivity contribution in [3.8, 4) is 5.75 Å². The molecule has 0 aliphatic carbocycles. The maximum absolute atomic E-state index is 12.2. The van der Waals surface area contributed by atoms with Crippen LogP contribution in [0.2, 0.25) is 0 Å². The molecular formula is C15H19NO4. The number of aliphatic carboxylic acids is 1. The van der Waals surface area contributed by atoms with Gasteiger partial charge in [0.15, 0.2) is 0 Å². The van der Waals surface area contributed by atoms with Crippen molar-refractivity contribution in [2.24, 2.45) is 11.8 Å². The Kier molecular flexibility index (Phi) is 4.27. The summed E-state index contributed by atoms with van der Waals surface area (Å²) in [5, 5.41) is 8.92. The molecule has 1 heterocycles. The first-order valence-electron chi connectivity index (χ1n) is 6.78. The Morgan fingerprint density at radius 3 is 2.45 bits per heavy atom. The zero-order valence-electron chi connectivity index (χ0n) is 11.7. The molecule has 1 aromatic carbocycles. The number of hydrogen-bond donors (Lipinski definition) is 1. The molecule has 1 amide bonds. The minimum Gasteiger partial charge on any atom is -0.494 e. The maximum atomic E-state index is 12.2. The van der Waals surface area contributed by atoms with Crippen LogP contribution >= 0.6 is 0 Å². The average molecular weight is 277 g/mol. The Hall–Kier alpha value is -2.04. The second kappa shape index (κ2) is 5.94. The zero-order valence-corrected chi connectivity index (χ0v) is 11.7.